The number of likely N-dealkylation sites (tertiary alicyclic amines) is 1. The van der Waals surface area contributed by atoms with Gasteiger partial charge in [-0.1, -0.05) is 6.92 Å². The van der Waals surface area contributed by atoms with Crippen LogP contribution in [-0.4, -0.2) is 106 Å². The van der Waals surface area contributed by atoms with Gasteiger partial charge in [-0.05, 0) is 38.8 Å². The number of guanidine groups is 1. The molecule has 0 radical (unpaired) electrons. The summed E-state index contributed by atoms with van der Waals surface area (Å²) in [6.07, 6.45) is 5.30. The predicted molar refractivity (Wildman–Crippen MR) is 112 cm³/mol. The van der Waals surface area contributed by atoms with E-state index in [0.29, 0.717) is 25.1 Å². The summed E-state index contributed by atoms with van der Waals surface area (Å²) in [4.78, 5) is 20.3. The normalized spacial score (nSPS) is 24.5. The van der Waals surface area contributed by atoms with Crippen LogP contribution in [0.1, 0.15) is 32.6 Å². The molecule has 28 heavy (non-hydrogen) atoms. The largest absolute Gasteiger partial charge is 0.355 e. The molecular weight excluding hydrogens is 380 g/mol. The van der Waals surface area contributed by atoms with Crippen LogP contribution in [0.5, 0.6) is 0 Å². The zero-order valence-corrected chi connectivity index (χ0v) is 18.5. The number of rotatable bonds is 8. The van der Waals surface area contributed by atoms with E-state index in [-0.39, 0.29) is 18.5 Å². The molecule has 0 saturated carbocycles. The van der Waals surface area contributed by atoms with Crippen molar-refractivity contribution >= 4 is 21.9 Å². The minimum absolute atomic E-state index is 0.0605. The zero-order chi connectivity index (χ0) is 20.7. The molecule has 1 unspecified atom stereocenters. The van der Waals surface area contributed by atoms with Gasteiger partial charge in [0.25, 0.3) is 0 Å². The first-order chi connectivity index (χ1) is 13.2. The number of nitrogens with zero attached hydrogens (tertiary/aromatic N) is 4. The summed E-state index contributed by atoms with van der Waals surface area (Å²) in [6.45, 7) is 6.18. The van der Waals surface area contributed by atoms with Gasteiger partial charge in [-0.3, -0.25) is 9.69 Å². The lowest BCUT2D eigenvalue weighted by Gasteiger charge is -2.26. The molecular formula is C18H36N6O3S. The van der Waals surface area contributed by atoms with E-state index < -0.39 is 10.0 Å². The summed E-state index contributed by atoms with van der Waals surface area (Å²) in [5.74, 6) is 0.495. The van der Waals surface area contributed by atoms with E-state index in [1.54, 1.807) is 18.4 Å². The van der Waals surface area contributed by atoms with Crippen molar-refractivity contribution in [2.75, 3.05) is 59.6 Å². The van der Waals surface area contributed by atoms with E-state index >= 15 is 0 Å². The van der Waals surface area contributed by atoms with Gasteiger partial charge in [0.2, 0.25) is 15.9 Å². The van der Waals surface area contributed by atoms with Crippen LogP contribution in [0.25, 0.3) is 0 Å². The average molecular weight is 417 g/mol. The van der Waals surface area contributed by atoms with Crippen molar-refractivity contribution in [3.63, 3.8) is 0 Å². The Hall–Kier alpha value is -1.39. The van der Waals surface area contributed by atoms with Crippen molar-refractivity contribution in [3.8, 4) is 0 Å². The molecule has 2 heterocycles. The van der Waals surface area contributed by atoms with Gasteiger partial charge in [-0.25, -0.2) is 13.4 Å². The van der Waals surface area contributed by atoms with Crippen molar-refractivity contribution in [2.45, 2.75) is 44.7 Å². The van der Waals surface area contributed by atoms with E-state index in [2.05, 4.69) is 27.4 Å². The summed E-state index contributed by atoms with van der Waals surface area (Å²) in [5, 5.41) is 6.61. The number of carbonyl (C=O) groups excluding carboxylic acids is 1. The van der Waals surface area contributed by atoms with Crippen LogP contribution in [-0.2, 0) is 14.8 Å². The number of nitrogens with one attached hydrogen (secondary N) is 2. The van der Waals surface area contributed by atoms with Crippen molar-refractivity contribution in [1.29, 1.82) is 0 Å². The number of sulfonamides is 1. The van der Waals surface area contributed by atoms with Crippen molar-refractivity contribution in [1.82, 2.24) is 24.7 Å². The highest BCUT2D eigenvalue weighted by atomic mass is 32.2. The van der Waals surface area contributed by atoms with Gasteiger partial charge in [0.1, 0.15) is 6.54 Å². The first-order valence-corrected chi connectivity index (χ1v) is 12.0. The second kappa shape index (κ2) is 10.4. The SMILES string of the molecule is CCN1CCCC1CNC(=NCC(=O)N(C)C)NC[C@H]1CCCN1S(C)(=O)=O. The molecule has 10 heteroatoms. The number of carbonyl (C=O) groups is 1. The standard InChI is InChI=1S/C18H36N6O3S/c1-5-23-10-6-8-15(23)12-19-18(21-14-17(25)22(2)3)20-13-16-9-7-11-24(16)28(4,26)27/h15-16H,5-14H2,1-4H3,(H2,19,20,21)/t15?,16-/m1/s1. The number of amides is 1. The molecule has 0 aromatic heterocycles. The minimum Gasteiger partial charge on any atom is -0.355 e. The molecule has 2 aliphatic heterocycles. The molecule has 0 aromatic carbocycles. The summed E-state index contributed by atoms with van der Waals surface area (Å²) in [5.41, 5.74) is 0. The Kier molecular flexibility index (Phi) is 8.51. The quantitative estimate of drug-likeness (QED) is 0.410. The molecule has 2 rings (SSSR count). The molecule has 0 aliphatic carbocycles. The Morgan fingerprint density at radius 1 is 1.11 bits per heavy atom. The smallest absolute Gasteiger partial charge is 0.243 e. The number of aliphatic imine (C=N–C) groups is 1. The lowest BCUT2D eigenvalue weighted by atomic mass is 10.2. The van der Waals surface area contributed by atoms with Crippen molar-refractivity contribution in [2.24, 2.45) is 4.99 Å². The molecule has 2 atom stereocenters. The molecule has 2 saturated heterocycles. The summed E-state index contributed by atoms with van der Waals surface area (Å²) < 4.78 is 25.4. The second-order valence-electron chi connectivity index (χ2n) is 7.81. The molecule has 2 N–H and O–H groups in total. The molecule has 1 amide bonds. The van der Waals surface area contributed by atoms with E-state index in [1.165, 1.54) is 17.6 Å². The van der Waals surface area contributed by atoms with Gasteiger partial charge < -0.3 is 15.5 Å². The molecule has 162 valence electrons. The topological polar surface area (TPSA) is 97.3 Å². The monoisotopic (exact) mass is 416 g/mol. The Morgan fingerprint density at radius 2 is 1.71 bits per heavy atom. The predicted octanol–water partition coefficient (Wildman–Crippen LogP) is -0.482. The van der Waals surface area contributed by atoms with Crippen molar-refractivity contribution in [3.05, 3.63) is 0 Å². The number of likely N-dealkylation sites (N-methyl/N-ethyl adjacent to an activating group) is 2. The first-order valence-electron chi connectivity index (χ1n) is 10.2. The van der Waals surface area contributed by atoms with Crippen LogP contribution in [0.3, 0.4) is 0 Å². The van der Waals surface area contributed by atoms with E-state index in [9.17, 15) is 13.2 Å². The summed E-state index contributed by atoms with van der Waals surface area (Å²) in [7, 11) is 0.207. The first kappa shape index (κ1) is 22.9. The summed E-state index contributed by atoms with van der Waals surface area (Å²) >= 11 is 0. The van der Waals surface area contributed by atoms with Crippen LogP contribution in [0.4, 0.5) is 0 Å². The van der Waals surface area contributed by atoms with Crippen LogP contribution < -0.4 is 10.6 Å². The van der Waals surface area contributed by atoms with Crippen molar-refractivity contribution < 1.29 is 13.2 Å². The van der Waals surface area contributed by atoms with Gasteiger partial charge in [-0.15, -0.1) is 0 Å². The van der Waals surface area contributed by atoms with Gasteiger partial charge in [0.15, 0.2) is 5.96 Å². The Balaban J connectivity index is 1.97. The maximum Gasteiger partial charge on any atom is 0.243 e. The van der Waals surface area contributed by atoms with E-state index in [4.69, 9.17) is 0 Å². The third-order valence-electron chi connectivity index (χ3n) is 5.54. The maximum atomic E-state index is 11.9. The highest BCUT2D eigenvalue weighted by molar-refractivity contribution is 7.88. The van der Waals surface area contributed by atoms with Gasteiger partial charge in [0, 0.05) is 45.8 Å². The molecule has 0 spiro atoms. The lowest BCUT2D eigenvalue weighted by Crippen LogP contribution is -2.49. The van der Waals surface area contributed by atoms with E-state index in [0.717, 1.165) is 38.9 Å². The fourth-order valence-electron chi connectivity index (χ4n) is 3.88. The zero-order valence-electron chi connectivity index (χ0n) is 17.6. The summed E-state index contributed by atoms with van der Waals surface area (Å²) in [6, 6.07) is 0.380. The van der Waals surface area contributed by atoms with E-state index in [1.807, 2.05) is 0 Å². The lowest BCUT2D eigenvalue weighted by molar-refractivity contribution is -0.127. The van der Waals surface area contributed by atoms with Gasteiger partial charge >= 0.3 is 0 Å². The Bertz CT molecular complexity index is 652. The Labute approximate surface area is 169 Å². The maximum absolute atomic E-state index is 11.9. The average Bonchev–Trinajstić information content (AvgIpc) is 3.28. The minimum atomic E-state index is -3.21. The number of hydrogen-bond acceptors (Lipinski definition) is 5. The second-order valence-corrected chi connectivity index (χ2v) is 9.74. The third kappa shape index (κ3) is 6.59. The molecule has 9 nitrogen and oxygen atoms in total. The highest BCUT2D eigenvalue weighted by Crippen LogP contribution is 2.19. The molecule has 2 aliphatic rings. The van der Waals surface area contributed by atoms with Crippen LogP contribution in [0, 0.1) is 0 Å². The van der Waals surface area contributed by atoms with Crippen LogP contribution >= 0.6 is 0 Å². The van der Waals surface area contributed by atoms with Gasteiger partial charge in [0.05, 0.1) is 6.26 Å². The fourth-order valence-corrected chi connectivity index (χ4v) is 5.07. The third-order valence-corrected chi connectivity index (χ3v) is 6.87. The van der Waals surface area contributed by atoms with Crippen LogP contribution in [0.15, 0.2) is 4.99 Å². The molecule has 0 bridgehead atoms. The van der Waals surface area contributed by atoms with Gasteiger partial charge in [-0.2, -0.15) is 4.31 Å². The molecule has 0 aromatic rings. The Morgan fingerprint density at radius 3 is 2.32 bits per heavy atom. The number of hydrogen-bond donors (Lipinski definition) is 2. The molecule has 2 fully saturated rings. The fraction of sp³-hybridized carbons (Fsp3) is 0.889. The van der Waals surface area contributed by atoms with Crippen LogP contribution in [0.2, 0.25) is 0 Å². The highest BCUT2D eigenvalue weighted by Gasteiger charge is 2.31.